The summed E-state index contributed by atoms with van der Waals surface area (Å²) in [6.07, 6.45) is 1.58. The van der Waals surface area contributed by atoms with Gasteiger partial charge in [-0.15, -0.1) is 0 Å². The number of nitrogens with zero attached hydrogens (tertiary/aromatic N) is 3. The quantitative estimate of drug-likeness (QED) is 0.734. The van der Waals surface area contributed by atoms with Crippen molar-refractivity contribution in [2.45, 2.75) is 26.3 Å². The summed E-state index contributed by atoms with van der Waals surface area (Å²) >= 11 is 0. The third kappa shape index (κ3) is 5.61. The number of nitrogens with one attached hydrogen (secondary N) is 1. The highest BCUT2D eigenvalue weighted by molar-refractivity contribution is 6.04. The summed E-state index contributed by atoms with van der Waals surface area (Å²) in [4.78, 5) is 29.6. The van der Waals surface area contributed by atoms with Gasteiger partial charge in [0, 0.05) is 63.1 Å². The summed E-state index contributed by atoms with van der Waals surface area (Å²) in [7, 11) is 0. The molecule has 0 aliphatic carbocycles. The maximum Gasteiger partial charge on any atom is 0.255 e. The zero-order valence-electron chi connectivity index (χ0n) is 19.3. The molecule has 7 nitrogen and oxygen atoms in total. The molecule has 2 fully saturated rings. The van der Waals surface area contributed by atoms with Crippen molar-refractivity contribution in [2.75, 3.05) is 44.7 Å². The van der Waals surface area contributed by atoms with E-state index in [1.54, 1.807) is 18.2 Å². The van der Waals surface area contributed by atoms with E-state index < -0.39 is 11.7 Å². The maximum atomic E-state index is 14.4. The van der Waals surface area contributed by atoms with Gasteiger partial charge in [-0.3, -0.25) is 14.5 Å². The summed E-state index contributed by atoms with van der Waals surface area (Å²) in [6.45, 7) is 6.44. The molecule has 0 atom stereocenters. The van der Waals surface area contributed by atoms with E-state index in [1.807, 2.05) is 17.9 Å². The maximum absolute atomic E-state index is 14.4. The summed E-state index contributed by atoms with van der Waals surface area (Å²) in [5.41, 5.74) is 2.74. The summed E-state index contributed by atoms with van der Waals surface area (Å²) < 4.78 is 19.8. The molecule has 0 spiro atoms. The summed E-state index contributed by atoms with van der Waals surface area (Å²) in [5, 5.41) is 11.8. The Labute approximate surface area is 199 Å². The number of ether oxygens (including phenoxy) is 1. The fourth-order valence-corrected chi connectivity index (χ4v) is 4.52. The SMILES string of the molecule is Cc1c(CN2CCN(C(=O)C3CCOCC3)CC2)cc(F)cc1NC(=O)c1cccc(C#N)c1. The van der Waals surface area contributed by atoms with Gasteiger partial charge in [-0.2, -0.15) is 5.26 Å². The van der Waals surface area contributed by atoms with Crippen LogP contribution >= 0.6 is 0 Å². The number of amides is 2. The molecule has 0 radical (unpaired) electrons. The van der Waals surface area contributed by atoms with Crippen molar-refractivity contribution in [3.05, 3.63) is 64.5 Å². The Morgan fingerprint density at radius 1 is 1.15 bits per heavy atom. The first-order chi connectivity index (χ1) is 16.4. The minimum absolute atomic E-state index is 0.0609. The van der Waals surface area contributed by atoms with E-state index in [0.717, 1.165) is 24.0 Å². The molecule has 2 saturated heterocycles. The van der Waals surface area contributed by atoms with Crippen LogP contribution in [0.4, 0.5) is 10.1 Å². The van der Waals surface area contributed by atoms with Crippen molar-refractivity contribution < 1.29 is 18.7 Å². The minimum atomic E-state index is -0.421. The highest BCUT2D eigenvalue weighted by atomic mass is 19.1. The van der Waals surface area contributed by atoms with Crippen molar-refractivity contribution in [3.63, 3.8) is 0 Å². The Balaban J connectivity index is 1.39. The van der Waals surface area contributed by atoms with Gasteiger partial charge in [0.1, 0.15) is 5.82 Å². The lowest BCUT2D eigenvalue weighted by atomic mass is 9.98. The Morgan fingerprint density at radius 2 is 1.88 bits per heavy atom. The van der Waals surface area contributed by atoms with Gasteiger partial charge in [0.15, 0.2) is 0 Å². The van der Waals surface area contributed by atoms with Crippen LogP contribution in [0.1, 0.15) is 39.9 Å². The number of rotatable bonds is 5. The summed E-state index contributed by atoms with van der Waals surface area (Å²) in [6, 6.07) is 11.2. The fourth-order valence-electron chi connectivity index (χ4n) is 4.52. The second-order valence-electron chi connectivity index (χ2n) is 8.87. The molecule has 2 heterocycles. The standard InChI is InChI=1S/C26H29FN4O3/c1-18-22(17-30-7-9-31(10-8-30)26(33)20-5-11-34-12-6-20)14-23(27)15-24(18)29-25(32)21-4-2-3-19(13-21)16-28/h2-4,13-15,20H,5-12,17H2,1H3,(H,29,32). The second kappa shape index (κ2) is 10.8. The first-order valence-electron chi connectivity index (χ1n) is 11.6. The van der Waals surface area contributed by atoms with E-state index in [-0.39, 0.29) is 11.8 Å². The van der Waals surface area contributed by atoms with Crippen LogP contribution in [0.2, 0.25) is 0 Å². The zero-order valence-corrected chi connectivity index (χ0v) is 19.3. The van der Waals surface area contributed by atoms with Crippen LogP contribution in [0.25, 0.3) is 0 Å². The number of hydrogen-bond acceptors (Lipinski definition) is 5. The second-order valence-corrected chi connectivity index (χ2v) is 8.87. The molecule has 2 aliphatic heterocycles. The molecule has 2 amide bonds. The molecule has 34 heavy (non-hydrogen) atoms. The highest BCUT2D eigenvalue weighted by Crippen LogP contribution is 2.25. The van der Waals surface area contributed by atoms with Gasteiger partial charge in [-0.25, -0.2) is 4.39 Å². The fraction of sp³-hybridized carbons (Fsp3) is 0.423. The van der Waals surface area contributed by atoms with Crippen LogP contribution in [0.15, 0.2) is 36.4 Å². The molecular weight excluding hydrogens is 435 g/mol. The van der Waals surface area contributed by atoms with Gasteiger partial charge in [-0.1, -0.05) is 6.07 Å². The first-order valence-corrected chi connectivity index (χ1v) is 11.6. The monoisotopic (exact) mass is 464 g/mol. The average molecular weight is 465 g/mol. The van der Waals surface area contributed by atoms with Crippen molar-refractivity contribution >= 4 is 17.5 Å². The highest BCUT2D eigenvalue weighted by Gasteiger charge is 2.29. The number of anilines is 1. The Bertz CT molecular complexity index is 1100. The predicted octanol–water partition coefficient (Wildman–Crippen LogP) is 3.33. The molecule has 2 aliphatic rings. The largest absolute Gasteiger partial charge is 0.381 e. The molecule has 4 rings (SSSR count). The third-order valence-corrected chi connectivity index (χ3v) is 6.63. The van der Waals surface area contributed by atoms with Gasteiger partial charge < -0.3 is 15.0 Å². The molecule has 0 saturated carbocycles. The van der Waals surface area contributed by atoms with Crippen LogP contribution in [0, 0.1) is 30.0 Å². The van der Waals surface area contributed by atoms with E-state index in [0.29, 0.717) is 62.8 Å². The Morgan fingerprint density at radius 3 is 2.59 bits per heavy atom. The van der Waals surface area contributed by atoms with Gasteiger partial charge >= 0.3 is 0 Å². The first kappa shape index (κ1) is 23.9. The molecule has 0 aromatic heterocycles. The number of nitriles is 1. The van der Waals surface area contributed by atoms with Crippen LogP contribution in [0.3, 0.4) is 0 Å². The topological polar surface area (TPSA) is 85.7 Å². The number of carbonyl (C=O) groups is 2. The molecular formula is C26H29FN4O3. The third-order valence-electron chi connectivity index (χ3n) is 6.63. The lowest BCUT2D eigenvalue weighted by Crippen LogP contribution is -2.50. The van der Waals surface area contributed by atoms with Gasteiger partial charge in [0.2, 0.25) is 5.91 Å². The van der Waals surface area contributed by atoms with E-state index >= 15 is 0 Å². The lowest BCUT2D eigenvalue weighted by molar-refractivity contribution is -0.140. The van der Waals surface area contributed by atoms with Crippen LogP contribution in [0.5, 0.6) is 0 Å². The lowest BCUT2D eigenvalue weighted by Gasteiger charge is -2.37. The number of carbonyl (C=O) groups excluding carboxylic acids is 2. The number of benzene rings is 2. The number of piperazine rings is 1. The Hall–Kier alpha value is -3.28. The van der Waals surface area contributed by atoms with Crippen molar-refractivity contribution in [3.8, 4) is 6.07 Å². The number of hydrogen-bond donors (Lipinski definition) is 1. The predicted molar refractivity (Wildman–Crippen MR) is 126 cm³/mol. The molecule has 0 bridgehead atoms. The van der Waals surface area contributed by atoms with E-state index in [1.165, 1.54) is 18.2 Å². The molecule has 178 valence electrons. The average Bonchev–Trinajstić information content (AvgIpc) is 2.87. The van der Waals surface area contributed by atoms with E-state index in [9.17, 15) is 14.0 Å². The van der Waals surface area contributed by atoms with Gasteiger partial charge in [-0.05, 0) is 61.2 Å². The van der Waals surface area contributed by atoms with Crippen LogP contribution in [-0.4, -0.2) is 61.0 Å². The Kier molecular flexibility index (Phi) is 7.56. The smallest absolute Gasteiger partial charge is 0.255 e. The van der Waals surface area contributed by atoms with Gasteiger partial charge in [0.25, 0.3) is 5.91 Å². The van der Waals surface area contributed by atoms with Crippen molar-refractivity contribution in [1.82, 2.24) is 9.80 Å². The minimum Gasteiger partial charge on any atom is -0.381 e. The molecule has 0 unspecified atom stereocenters. The summed E-state index contributed by atoms with van der Waals surface area (Å²) in [5.74, 6) is -0.534. The van der Waals surface area contributed by atoms with Crippen LogP contribution < -0.4 is 5.32 Å². The molecule has 2 aromatic carbocycles. The van der Waals surface area contributed by atoms with Gasteiger partial charge in [0.05, 0.1) is 11.6 Å². The molecule has 2 aromatic rings. The van der Waals surface area contributed by atoms with Crippen LogP contribution in [-0.2, 0) is 16.1 Å². The zero-order chi connectivity index (χ0) is 24.1. The van der Waals surface area contributed by atoms with E-state index in [2.05, 4.69) is 10.2 Å². The number of halogens is 1. The molecule has 1 N–H and O–H groups in total. The van der Waals surface area contributed by atoms with Crippen molar-refractivity contribution in [1.29, 1.82) is 5.26 Å². The van der Waals surface area contributed by atoms with E-state index in [4.69, 9.17) is 10.00 Å². The van der Waals surface area contributed by atoms with Crippen molar-refractivity contribution in [2.24, 2.45) is 5.92 Å². The normalized spacial score (nSPS) is 17.3. The molecule has 8 heteroatoms.